The van der Waals surface area contributed by atoms with E-state index in [1.165, 1.54) is 70.4 Å². The number of aromatic nitrogens is 3. The van der Waals surface area contributed by atoms with Gasteiger partial charge in [0.05, 0.1) is 5.41 Å². The number of para-hydroxylation sites is 1. The molecule has 4 nitrogen and oxygen atoms in total. The van der Waals surface area contributed by atoms with Gasteiger partial charge in [-0.2, -0.15) is 0 Å². The van der Waals surface area contributed by atoms with Gasteiger partial charge in [0.2, 0.25) is 0 Å². The molecule has 14 rings (SSSR count). The van der Waals surface area contributed by atoms with Crippen molar-refractivity contribution >= 4 is 53.4 Å². The monoisotopic (exact) mass is 819 g/mol. The molecule has 5 heteroatoms. The Bertz CT molecular complexity index is 3820. The summed E-state index contributed by atoms with van der Waals surface area (Å²) in [5.41, 5.74) is 17.0. The second-order valence-electron chi connectivity index (χ2n) is 16.6. The van der Waals surface area contributed by atoms with Gasteiger partial charge in [-0.05, 0) is 92.0 Å². The number of hydrogen-bond donors (Lipinski definition) is 0. The van der Waals surface area contributed by atoms with Crippen LogP contribution in [-0.4, -0.2) is 15.0 Å². The summed E-state index contributed by atoms with van der Waals surface area (Å²) in [6.45, 7) is 0. The molecule has 0 saturated carbocycles. The van der Waals surface area contributed by atoms with Crippen LogP contribution in [0.5, 0.6) is 0 Å². The number of benzene rings is 9. The third kappa shape index (κ3) is 4.83. The molecule has 3 heterocycles. The third-order valence-electron chi connectivity index (χ3n) is 13.4. The zero-order chi connectivity index (χ0) is 41.2. The van der Waals surface area contributed by atoms with Crippen molar-refractivity contribution in [1.82, 2.24) is 15.0 Å². The lowest BCUT2D eigenvalue weighted by molar-refractivity contribution is 0.669. The molecule has 0 atom stereocenters. The molecule has 292 valence electrons. The van der Waals surface area contributed by atoms with Crippen molar-refractivity contribution in [2.75, 3.05) is 0 Å². The molecular formula is C58H33N3OS. The number of thiophene rings is 1. The number of nitrogens with zero attached hydrogens (tertiary/aromatic N) is 3. The fourth-order valence-corrected chi connectivity index (χ4v) is 11.9. The molecule has 2 aliphatic carbocycles. The minimum Gasteiger partial charge on any atom is -0.456 e. The molecule has 0 bridgehead atoms. The van der Waals surface area contributed by atoms with Crippen LogP contribution in [0.1, 0.15) is 22.3 Å². The summed E-state index contributed by atoms with van der Waals surface area (Å²) in [5.74, 6) is 1.87. The minimum atomic E-state index is -0.401. The summed E-state index contributed by atoms with van der Waals surface area (Å²) in [6.07, 6.45) is 0. The number of furan rings is 1. The van der Waals surface area contributed by atoms with Crippen LogP contribution in [0, 0.1) is 0 Å². The highest BCUT2D eigenvalue weighted by molar-refractivity contribution is 7.26. The molecule has 0 unspecified atom stereocenters. The molecule has 63 heavy (non-hydrogen) atoms. The summed E-state index contributed by atoms with van der Waals surface area (Å²) in [7, 11) is 0. The molecule has 1 spiro atoms. The number of rotatable bonds is 4. The van der Waals surface area contributed by atoms with Gasteiger partial charge in [-0.3, -0.25) is 0 Å². The predicted octanol–water partition coefficient (Wildman–Crippen LogP) is 15.2. The molecule has 0 aliphatic heterocycles. The second-order valence-corrected chi connectivity index (χ2v) is 17.7. The lowest BCUT2D eigenvalue weighted by Crippen LogP contribution is -2.25. The Labute approximate surface area is 366 Å². The summed E-state index contributed by atoms with van der Waals surface area (Å²) in [5, 5.41) is 4.36. The van der Waals surface area contributed by atoms with Gasteiger partial charge in [-0.25, -0.2) is 15.0 Å². The van der Waals surface area contributed by atoms with Gasteiger partial charge in [0.1, 0.15) is 11.2 Å². The van der Waals surface area contributed by atoms with Crippen LogP contribution in [0.2, 0.25) is 0 Å². The van der Waals surface area contributed by atoms with Crippen LogP contribution < -0.4 is 0 Å². The van der Waals surface area contributed by atoms with Crippen molar-refractivity contribution in [3.63, 3.8) is 0 Å². The molecule has 0 saturated heterocycles. The Morgan fingerprint density at radius 1 is 0.333 bits per heavy atom. The van der Waals surface area contributed by atoms with E-state index in [1.54, 1.807) is 0 Å². The summed E-state index contributed by atoms with van der Waals surface area (Å²) in [6, 6.07) is 72.1. The van der Waals surface area contributed by atoms with Gasteiger partial charge >= 0.3 is 0 Å². The predicted molar refractivity (Wildman–Crippen MR) is 258 cm³/mol. The summed E-state index contributed by atoms with van der Waals surface area (Å²) >= 11 is 1.81. The number of hydrogen-bond acceptors (Lipinski definition) is 5. The van der Waals surface area contributed by atoms with Crippen molar-refractivity contribution in [2.24, 2.45) is 0 Å². The minimum absolute atomic E-state index is 0.401. The van der Waals surface area contributed by atoms with E-state index < -0.39 is 5.41 Å². The van der Waals surface area contributed by atoms with Crippen LogP contribution in [0.25, 0.3) is 110 Å². The van der Waals surface area contributed by atoms with E-state index in [0.29, 0.717) is 17.5 Å². The fraction of sp³-hybridized carbons (Fsp3) is 0.0172. The van der Waals surface area contributed by atoms with Crippen molar-refractivity contribution in [1.29, 1.82) is 0 Å². The molecule has 9 aromatic carbocycles. The van der Waals surface area contributed by atoms with E-state index in [0.717, 1.165) is 44.0 Å². The van der Waals surface area contributed by atoms with E-state index in [-0.39, 0.29) is 0 Å². The third-order valence-corrected chi connectivity index (χ3v) is 14.5. The summed E-state index contributed by atoms with van der Waals surface area (Å²) < 4.78 is 8.72. The Balaban J connectivity index is 0.975. The first-order valence-corrected chi connectivity index (χ1v) is 22.2. The van der Waals surface area contributed by atoms with E-state index >= 15 is 0 Å². The molecule has 0 fully saturated rings. The smallest absolute Gasteiger partial charge is 0.164 e. The van der Waals surface area contributed by atoms with Crippen LogP contribution in [0.4, 0.5) is 0 Å². The van der Waals surface area contributed by atoms with Crippen molar-refractivity contribution < 1.29 is 4.42 Å². The molecule has 3 aromatic heterocycles. The van der Waals surface area contributed by atoms with Crippen LogP contribution in [-0.2, 0) is 5.41 Å². The normalized spacial score (nSPS) is 13.2. The van der Waals surface area contributed by atoms with Gasteiger partial charge in [0.25, 0.3) is 0 Å². The van der Waals surface area contributed by atoms with Crippen molar-refractivity contribution in [2.45, 2.75) is 5.41 Å². The van der Waals surface area contributed by atoms with Gasteiger partial charge in [0.15, 0.2) is 17.5 Å². The van der Waals surface area contributed by atoms with Gasteiger partial charge < -0.3 is 4.42 Å². The van der Waals surface area contributed by atoms with E-state index in [4.69, 9.17) is 19.4 Å². The molecule has 0 N–H and O–H groups in total. The molecule has 0 amide bonds. The van der Waals surface area contributed by atoms with Gasteiger partial charge in [-0.1, -0.05) is 164 Å². The molecule has 0 radical (unpaired) electrons. The van der Waals surface area contributed by atoms with Crippen molar-refractivity contribution in [3.8, 4) is 67.5 Å². The fourth-order valence-electron chi connectivity index (χ4n) is 10.8. The highest BCUT2D eigenvalue weighted by Crippen LogP contribution is 2.63. The standard InChI is InChI=1S/C58H33N3OS/c1-2-14-34(15-3-1)55-59-56(42-20-12-26-50-53(42)41-19-7-11-25-49(41)62-50)61-57(60-55)43-21-13-27-52-54(43)44-32-35(29-31-51(44)63-52)36-28-30-40-39-18-6-10-24-47(39)58(48(40)33-36)45-22-8-4-16-37(45)38-17-5-9-23-46(38)58/h1-33H. The van der Waals surface area contributed by atoms with Crippen molar-refractivity contribution in [3.05, 3.63) is 222 Å². The summed E-state index contributed by atoms with van der Waals surface area (Å²) in [4.78, 5) is 15.7. The maximum absolute atomic E-state index is 6.32. The largest absolute Gasteiger partial charge is 0.456 e. The molecule has 12 aromatic rings. The quantitative estimate of drug-likeness (QED) is 0.177. The Kier molecular flexibility index (Phi) is 7.16. The Morgan fingerprint density at radius 3 is 1.60 bits per heavy atom. The second kappa shape index (κ2) is 13.0. The van der Waals surface area contributed by atoms with Gasteiger partial charge in [-0.15, -0.1) is 11.3 Å². The highest BCUT2D eigenvalue weighted by Gasteiger charge is 2.51. The van der Waals surface area contributed by atoms with E-state index in [2.05, 4.69) is 152 Å². The Hall–Kier alpha value is -7.99. The first-order chi connectivity index (χ1) is 31.2. The zero-order valence-corrected chi connectivity index (χ0v) is 34.5. The average Bonchev–Trinajstić information content (AvgIpc) is 4.09. The highest BCUT2D eigenvalue weighted by atomic mass is 32.1. The van der Waals surface area contributed by atoms with Gasteiger partial charge in [0, 0.05) is 47.6 Å². The van der Waals surface area contributed by atoms with E-state index in [1.807, 2.05) is 59.9 Å². The molecule has 2 aliphatic rings. The molecular weight excluding hydrogens is 787 g/mol. The van der Waals surface area contributed by atoms with Crippen LogP contribution >= 0.6 is 11.3 Å². The van der Waals surface area contributed by atoms with E-state index in [9.17, 15) is 0 Å². The van der Waals surface area contributed by atoms with Crippen LogP contribution in [0.15, 0.2) is 205 Å². The first kappa shape index (κ1) is 34.7. The SMILES string of the molecule is c1ccc(-c2nc(-c3cccc4oc5ccccc5c34)nc(-c3cccc4sc5ccc(-c6ccc7c(c6)C6(c8ccccc8-c8ccccc86)c6ccccc6-7)cc5c34)n2)cc1. The lowest BCUT2D eigenvalue weighted by Gasteiger charge is -2.30. The maximum atomic E-state index is 6.32. The average molecular weight is 820 g/mol. The first-order valence-electron chi connectivity index (χ1n) is 21.3. The number of fused-ring (bicyclic) bond motifs is 16. The topological polar surface area (TPSA) is 51.8 Å². The Morgan fingerprint density at radius 2 is 0.873 bits per heavy atom. The zero-order valence-electron chi connectivity index (χ0n) is 33.7. The maximum Gasteiger partial charge on any atom is 0.164 e. The van der Waals surface area contributed by atoms with Crippen LogP contribution in [0.3, 0.4) is 0 Å². The lowest BCUT2D eigenvalue weighted by atomic mass is 9.70.